The summed E-state index contributed by atoms with van der Waals surface area (Å²) in [6, 6.07) is 4.64. The summed E-state index contributed by atoms with van der Waals surface area (Å²) >= 11 is 0. The van der Waals surface area contributed by atoms with E-state index in [0.717, 1.165) is 11.3 Å². The second kappa shape index (κ2) is 9.88. The van der Waals surface area contributed by atoms with E-state index in [0.29, 0.717) is 19.6 Å². The van der Waals surface area contributed by atoms with Crippen LogP contribution in [0.5, 0.6) is 0 Å². The number of carbonyl (C=O) groups excluding carboxylic acids is 2. The molecule has 0 aliphatic carbocycles. The highest BCUT2D eigenvalue weighted by molar-refractivity contribution is 5.79. The minimum Gasteiger partial charge on any atom is -0.351 e. The Kier molecular flexibility index (Phi) is 8.48. The van der Waals surface area contributed by atoms with Gasteiger partial charge in [-0.15, -0.1) is 0 Å². The van der Waals surface area contributed by atoms with Gasteiger partial charge in [0.25, 0.3) is 11.8 Å². The van der Waals surface area contributed by atoms with Gasteiger partial charge in [0.05, 0.1) is 7.05 Å². The maximum Gasteiger partial charge on any atom is 0.275 e. The van der Waals surface area contributed by atoms with Crippen molar-refractivity contribution in [3.8, 4) is 0 Å². The predicted octanol–water partition coefficient (Wildman–Crippen LogP) is 1.30. The number of likely N-dealkylation sites (N-methyl/N-ethyl adjacent to an activating group) is 1. The molecule has 0 spiro atoms. The van der Waals surface area contributed by atoms with Gasteiger partial charge in [-0.25, -0.2) is 0 Å². The molecule has 5 nitrogen and oxygen atoms in total. The van der Waals surface area contributed by atoms with Crippen LogP contribution in [0.15, 0.2) is 12.1 Å². The van der Waals surface area contributed by atoms with Crippen molar-refractivity contribution in [3.05, 3.63) is 34.4 Å². The van der Waals surface area contributed by atoms with Gasteiger partial charge < -0.3 is 15.5 Å². The topological polar surface area (TPSA) is 62.6 Å². The Morgan fingerprint density at radius 3 is 2.04 bits per heavy atom. The predicted molar refractivity (Wildman–Crippen MR) is 111 cm³/mol. The summed E-state index contributed by atoms with van der Waals surface area (Å²) in [6.45, 7) is 16.0. The third-order valence-electron chi connectivity index (χ3n) is 4.63. The molecule has 1 unspecified atom stereocenters. The molecule has 0 saturated heterocycles. The zero-order chi connectivity index (χ0) is 20.8. The highest BCUT2D eigenvalue weighted by Crippen LogP contribution is 2.26. The molecular formula is C22H38N3O2+. The van der Waals surface area contributed by atoms with E-state index in [9.17, 15) is 9.59 Å². The van der Waals surface area contributed by atoms with Crippen LogP contribution in [0, 0.1) is 13.8 Å². The zero-order valence-electron chi connectivity index (χ0n) is 18.4. The van der Waals surface area contributed by atoms with Crippen molar-refractivity contribution < 1.29 is 14.5 Å². The van der Waals surface area contributed by atoms with Gasteiger partial charge in [-0.05, 0) is 61.8 Å². The van der Waals surface area contributed by atoms with Crippen LogP contribution in [0.3, 0.4) is 0 Å². The highest BCUT2D eigenvalue weighted by Gasteiger charge is 2.17. The minimum atomic E-state index is -0.0273. The molecule has 0 heterocycles. The summed E-state index contributed by atoms with van der Waals surface area (Å²) in [7, 11) is 1.86. The average molecular weight is 377 g/mol. The average Bonchev–Trinajstić information content (AvgIpc) is 2.47. The summed E-state index contributed by atoms with van der Waals surface area (Å²) in [4.78, 5) is 24.8. The number of rotatable bonds is 8. The van der Waals surface area contributed by atoms with E-state index in [4.69, 9.17) is 0 Å². The number of aryl methyl sites for hydroxylation is 2. The molecule has 1 atom stereocenters. The lowest BCUT2D eigenvalue weighted by Crippen LogP contribution is -3.11. The molecule has 2 amide bonds. The van der Waals surface area contributed by atoms with Crippen LogP contribution in [0.2, 0.25) is 0 Å². The van der Waals surface area contributed by atoms with E-state index in [1.54, 1.807) is 0 Å². The van der Waals surface area contributed by atoms with Crippen LogP contribution in [0.1, 0.15) is 56.9 Å². The Bertz CT molecular complexity index is 637. The molecule has 152 valence electrons. The van der Waals surface area contributed by atoms with E-state index in [-0.39, 0.29) is 23.3 Å². The van der Waals surface area contributed by atoms with Gasteiger partial charge in [-0.3, -0.25) is 9.59 Å². The molecule has 3 N–H and O–H groups in total. The summed E-state index contributed by atoms with van der Waals surface area (Å²) in [5.41, 5.74) is 5.34. The van der Waals surface area contributed by atoms with Crippen LogP contribution in [0.25, 0.3) is 0 Å². The van der Waals surface area contributed by atoms with E-state index in [2.05, 4.69) is 57.4 Å². The SMILES string of the molecule is Cc1cc(C(C)(C)C)cc(C)c1CCNC(=O)C[NH+](C)CC(=O)NC(C)C. The van der Waals surface area contributed by atoms with Crippen molar-refractivity contribution in [2.45, 2.75) is 66.3 Å². The molecule has 0 radical (unpaired) electrons. The number of carbonyl (C=O) groups is 2. The van der Waals surface area contributed by atoms with Gasteiger partial charge in [0.1, 0.15) is 0 Å². The van der Waals surface area contributed by atoms with Crippen molar-refractivity contribution in [1.29, 1.82) is 0 Å². The maximum absolute atomic E-state index is 12.1. The fraction of sp³-hybridized carbons (Fsp3) is 0.636. The lowest BCUT2D eigenvalue weighted by atomic mass is 9.83. The Hall–Kier alpha value is -1.88. The van der Waals surface area contributed by atoms with Crippen LogP contribution < -0.4 is 15.5 Å². The largest absolute Gasteiger partial charge is 0.351 e. The molecule has 1 rings (SSSR count). The van der Waals surface area contributed by atoms with Crippen LogP contribution >= 0.6 is 0 Å². The fourth-order valence-electron chi connectivity index (χ4n) is 3.19. The normalized spacial score (nSPS) is 12.8. The molecule has 0 saturated carbocycles. The lowest BCUT2D eigenvalue weighted by Gasteiger charge is -2.22. The highest BCUT2D eigenvalue weighted by atomic mass is 16.2. The number of benzene rings is 1. The fourth-order valence-corrected chi connectivity index (χ4v) is 3.19. The molecular weight excluding hydrogens is 338 g/mol. The van der Waals surface area contributed by atoms with Crippen molar-refractivity contribution >= 4 is 11.8 Å². The molecule has 0 aliphatic heterocycles. The minimum absolute atomic E-state index is 0.0218. The number of amides is 2. The first-order chi connectivity index (χ1) is 12.4. The molecule has 1 aromatic carbocycles. The number of hydrogen-bond donors (Lipinski definition) is 3. The van der Waals surface area contributed by atoms with Crippen LogP contribution in [0.4, 0.5) is 0 Å². The molecule has 27 heavy (non-hydrogen) atoms. The van der Waals surface area contributed by atoms with Gasteiger partial charge in [-0.1, -0.05) is 32.9 Å². The zero-order valence-corrected chi connectivity index (χ0v) is 18.4. The first-order valence-electron chi connectivity index (χ1n) is 9.88. The third-order valence-corrected chi connectivity index (χ3v) is 4.63. The Morgan fingerprint density at radius 2 is 1.56 bits per heavy atom. The lowest BCUT2D eigenvalue weighted by molar-refractivity contribution is -0.862. The van der Waals surface area contributed by atoms with Crippen LogP contribution in [-0.4, -0.2) is 44.5 Å². The molecule has 1 aromatic rings. The summed E-state index contributed by atoms with van der Waals surface area (Å²) < 4.78 is 0. The molecule has 0 aliphatic rings. The Labute approximate surface area is 164 Å². The number of hydrogen-bond acceptors (Lipinski definition) is 2. The second-order valence-electron chi connectivity index (χ2n) is 8.97. The summed E-state index contributed by atoms with van der Waals surface area (Å²) in [6.07, 6.45) is 0.820. The smallest absolute Gasteiger partial charge is 0.275 e. The summed E-state index contributed by atoms with van der Waals surface area (Å²) in [5.74, 6) is -0.0491. The quantitative estimate of drug-likeness (QED) is 0.640. The van der Waals surface area contributed by atoms with Gasteiger partial charge in [0.15, 0.2) is 13.1 Å². The first kappa shape index (κ1) is 23.2. The number of quaternary nitrogens is 1. The van der Waals surface area contributed by atoms with Gasteiger partial charge in [0, 0.05) is 12.6 Å². The van der Waals surface area contributed by atoms with Crippen molar-refractivity contribution in [1.82, 2.24) is 10.6 Å². The summed E-state index contributed by atoms with van der Waals surface area (Å²) in [5, 5.41) is 5.83. The standard InChI is InChI=1S/C22H37N3O2/c1-15(2)24-21(27)14-25(8)13-20(26)23-10-9-19-16(3)11-18(12-17(19)4)22(5,6)7/h11-12,15H,9-10,13-14H2,1-8H3,(H,23,26)(H,24,27)/p+1. The second-order valence-corrected chi connectivity index (χ2v) is 8.97. The van der Waals surface area contributed by atoms with Gasteiger partial charge in [-0.2, -0.15) is 0 Å². The van der Waals surface area contributed by atoms with Crippen LogP contribution in [-0.2, 0) is 21.4 Å². The molecule has 0 bridgehead atoms. The van der Waals surface area contributed by atoms with E-state index in [1.807, 2.05) is 20.9 Å². The number of nitrogens with one attached hydrogen (secondary N) is 3. The van der Waals surface area contributed by atoms with E-state index in [1.165, 1.54) is 22.3 Å². The van der Waals surface area contributed by atoms with E-state index >= 15 is 0 Å². The van der Waals surface area contributed by atoms with Gasteiger partial charge >= 0.3 is 0 Å². The first-order valence-corrected chi connectivity index (χ1v) is 9.88. The Balaban J connectivity index is 2.51. The monoisotopic (exact) mass is 376 g/mol. The van der Waals surface area contributed by atoms with Crippen molar-refractivity contribution in [3.63, 3.8) is 0 Å². The maximum atomic E-state index is 12.1. The van der Waals surface area contributed by atoms with Gasteiger partial charge in [0.2, 0.25) is 0 Å². The molecule has 5 heteroatoms. The Morgan fingerprint density at radius 1 is 1.04 bits per heavy atom. The molecule has 0 fully saturated rings. The third kappa shape index (κ3) is 8.12. The van der Waals surface area contributed by atoms with Crippen molar-refractivity contribution in [2.24, 2.45) is 0 Å². The molecule has 0 aromatic heterocycles. The van der Waals surface area contributed by atoms with E-state index < -0.39 is 0 Å². The van der Waals surface area contributed by atoms with Crippen molar-refractivity contribution in [2.75, 3.05) is 26.7 Å².